The van der Waals surface area contributed by atoms with Gasteiger partial charge < -0.3 is 5.73 Å². The fraction of sp³-hybridized carbons (Fsp3) is 0. The van der Waals surface area contributed by atoms with E-state index in [1.54, 1.807) is 6.20 Å². The van der Waals surface area contributed by atoms with Gasteiger partial charge in [-0.15, -0.1) is 0 Å². The van der Waals surface area contributed by atoms with Crippen molar-refractivity contribution in [3.8, 4) is 11.1 Å². The lowest BCUT2D eigenvalue weighted by molar-refractivity contribution is 1.33. The number of aromatic nitrogens is 2. The van der Waals surface area contributed by atoms with Gasteiger partial charge in [0.05, 0.1) is 10.2 Å². The first kappa shape index (κ1) is 9.30. The molecule has 2 aromatic heterocycles. The van der Waals surface area contributed by atoms with E-state index in [4.69, 9.17) is 5.73 Å². The van der Waals surface area contributed by atoms with Gasteiger partial charge in [-0.2, -0.15) is 0 Å². The van der Waals surface area contributed by atoms with Crippen LogP contribution in [-0.4, -0.2) is 9.97 Å². The topological polar surface area (TPSA) is 51.8 Å². The second-order valence-corrected chi connectivity index (χ2v) is 4.51. The van der Waals surface area contributed by atoms with Crippen LogP contribution in [0.5, 0.6) is 0 Å². The standard InChI is InChI=1S/C12H9N3S/c13-12-15-11-9(4-1-5-10(11)16-12)8-3-2-6-14-7-8/h1-7H,(H2,13,15). The van der Waals surface area contributed by atoms with Crippen LogP contribution < -0.4 is 5.73 Å². The highest BCUT2D eigenvalue weighted by Crippen LogP contribution is 2.31. The molecule has 0 fully saturated rings. The molecule has 0 aliphatic heterocycles. The van der Waals surface area contributed by atoms with E-state index < -0.39 is 0 Å². The fourth-order valence-corrected chi connectivity index (χ4v) is 2.48. The monoisotopic (exact) mass is 227 g/mol. The average molecular weight is 227 g/mol. The molecule has 0 aliphatic rings. The molecule has 3 aromatic rings. The number of pyridine rings is 1. The zero-order valence-electron chi connectivity index (χ0n) is 8.42. The summed E-state index contributed by atoms with van der Waals surface area (Å²) >= 11 is 1.51. The van der Waals surface area contributed by atoms with Crippen LogP contribution in [0.15, 0.2) is 42.7 Å². The molecule has 0 unspecified atom stereocenters. The number of para-hydroxylation sites is 1. The summed E-state index contributed by atoms with van der Waals surface area (Å²) in [5, 5.41) is 0.603. The number of nitrogen functional groups attached to an aromatic ring is 1. The molecule has 0 amide bonds. The Labute approximate surface area is 96.6 Å². The van der Waals surface area contributed by atoms with Gasteiger partial charge in [-0.3, -0.25) is 4.98 Å². The molecule has 16 heavy (non-hydrogen) atoms. The summed E-state index contributed by atoms with van der Waals surface area (Å²) in [4.78, 5) is 8.48. The summed E-state index contributed by atoms with van der Waals surface area (Å²) in [5.41, 5.74) is 8.84. The van der Waals surface area contributed by atoms with E-state index in [0.29, 0.717) is 5.13 Å². The number of rotatable bonds is 1. The van der Waals surface area contributed by atoms with Crippen LogP contribution >= 0.6 is 11.3 Å². The van der Waals surface area contributed by atoms with Gasteiger partial charge in [0.25, 0.3) is 0 Å². The lowest BCUT2D eigenvalue weighted by atomic mass is 10.1. The minimum Gasteiger partial charge on any atom is -0.375 e. The maximum absolute atomic E-state index is 5.73. The third-order valence-electron chi connectivity index (χ3n) is 2.41. The fourth-order valence-electron chi connectivity index (χ4n) is 1.72. The zero-order chi connectivity index (χ0) is 11.0. The van der Waals surface area contributed by atoms with Gasteiger partial charge >= 0.3 is 0 Å². The van der Waals surface area contributed by atoms with Gasteiger partial charge in [0.15, 0.2) is 5.13 Å². The summed E-state index contributed by atoms with van der Waals surface area (Å²) in [6.07, 6.45) is 3.60. The SMILES string of the molecule is Nc1nc2c(-c3cccnc3)cccc2s1. The second kappa shape index (κ2) is 3.57. The Kier molecular flexibility index (Phi) is 2.08. The van der Waals surface area contributed by atoms with Crippen LogP contribution in [-0.2, 0) is 0 Å². The highest BCUT2D eigenvalue weighted by Gasteiger charge is 2.07. The van der Waals surface area contributed by atoms with Crippen LogP contribution in [0.4, 0.5) is 5.13 Å². The molecule has 0 spiro atoms. The molecule has 0 radical (unpaired) electrons. The summed E-state index contributed by atoms with van der Waals surface area (Å²) in [6, 6.07) is 10.0. The number of nitrogens with two attached hydrogens (primary N) is 1. The Morgan fingerprint density at radius 2 is 2.06 bits per heavy atom. The van der Waals surface area contributed by atoms with Gasteiger partial charge in [0, 0.05) is 23.5 Å². The normalized spacial score (nSPS) is 10.8. The van der Waals surface area contributed by atoms with Crippen molar-refractivity contribution in [1.82, 2.24) is 9.97 Å². The molecule has 0 atom stereocenters. The number of benzene rings is 1. The molecule has 78 valence electrons. The maximum atomic E-state index is 5.73. The molecule has 1 aromatic carbocycles. The maximum Gasteiger partial charge on any atom is 0.181 e. The Bertz CT molecular complexity index is 631. The molecule has 0 aliphatic carbocycles. The number of hydrogen-bond acceptors (Lipinski definition) is 4. The van der Waals surface area contributed by atoms with E-state index in [1.165, 1.54) is 11.3 Å². The van der Waals surface area contributed by atoms with E-state index in [1.807, 2.05) is 36.5 Å². The molecular weight excluding hydrogens is 218 g/mol. The zero-order valence-corrected chi connectivity index (χ0v) is 9.24. The Balaban J connectivity index is 2.31. The second-order valence-electron chi connectivity index (χ2n) is 3.45. The van der Waals surface area contributed by atoms with Gasteiger partial charge in [0.1, 0.15) is 0 Å². The van der Waals surface area contributed by atoms with E-state index in [0.717, 1.165) is 21.3 Å². The minimum atomic E-state index is 0.603. The summed E-state index contributed by atoms with van der Waals surface area (Å²) in [5.74, 6) is 0. The number of anilines is 1. The number of thiazole rings is 1. The van der Waals surface area contributed by atoms with Gasteiger partial charge in [0.2, 0.25) is 0 Å². The average Bonchev–Trinajstić information content (AvgIpc) is 2.70. The molecule has 4 heteroatoms. The smallest absolute Gasteiger partial charge is 0.181 e. The van der Waals surface area contributed by atoms with E-state index in [-0.39, 0.29) is 0 Å². The predicted molar refractivity (Wildman–Crippen MR) is 67.3 cm³/mol. The first-order valence-corrected chi connectivity index (χ1v) is 5.72. The predicted octanol–water partition coefficient (Wildman–Crippen LogP) is 2.94. The molecule has 2 heterocycles. The lowest BCUT2D eigenvalue weighted by Gasteiger charge is -2.00. The van der Waals surface area contributed by atoms with Crippen molar-refractivity contribution in [2.24, 2.45) is 0 Å². The van der Waals surface area contributed by atoms with E-state index in [2.05, 4.69) is 9.97 Å². The summed E-state index contributed by atoms with van der Waals surface area (Å²) < 4.78 is 1.11. The van der Waals surface area contributed by atoms with Crippen LogP contribution in [0.3, 0.4) is 0 Å². The number of hydrogen-bond donors (Lipinski definition) is 1. The molecule has 0 saturated carbocycles. The number of fused-ring (bicyclic) bond motifs is 1. The van der Waals surface area contributed by atoms with Crippen molar-refractivity contribution in [2.75, 3.05) is 5.73 Å². The molecular formula is C12H9N3S. The third kappa shape index (κ3) is 1.44. The van der Waals surface area contributed by atoms with Crippen LogP contribution in [0.2, 0.25) is 0 Å². The molecule has 3 rings (SSSR count). The largest absolute Gasteiger partial charge is 0.375 e. The third-order valence-corrected chi connectivity index (χ3v) is 3.26. The first-order valence-electron chi connectivity index (χ1n) is 4.90. The molecule has 0 saturated heterocycles. The Morgan fingerprint density at radius 1 is 1.12 bits per heavy atom. The quantitative estimate of drug-likeness (QED) is 0.695. The molecule has 3 nitrogen and oxygen atoms in total. The summed E-state index contributed by atoms with van der Waals surface area (Å²) in [7, 11) is 0. The minimum absolute atomic E-state index is 0.603. The van der Waals surface area contributed by atoms with Crippen LogP contribution in [0.25, 0.3) is 21.3 Å². The van der Waals surface area contributed by atoms with Gasteiger partial charge in [-0.1, -0.05) is 29.5 Å². The van der Waals surface area contributed by atoms with Crippen molar-refractivity contribution in [3.63, 3.8) is 0 Å². The molecule has 2 N–H and O–H groups in total. The highest BCUT2D eigenvalue weighted by atomic mass is 32.1. The van der Waals surface area contributed by atoms with Crippen molar-refractivity contribution in [3.05, 3.63) is 42.7 Å². The van der Waals surface area contributed by atoms with E-state index >= 15 is 0 Å². The van der Waals surface area contributed by atoms with Crippen molar-refractivity contribution >= 4 is 26.7 Å². The number of nitrogens with zero attached hydrogens (tertiary/aromatic N) is 2. The first-order chi connectivity index (χ1) is 7.84. The summed E-state index contributed by atoms with van der Waals surface area (Å²) in [6.45, 7) is 0. The van der Waals surface area contributed by atoms with Crippen molar-refractivity contribution in [2.45, 2.75) is 0 Å². The lowest BCUT2D eigenvalue weighted by Crippen LogP contribution is -1.83. The van der Waals surface area contributed by atoms with Gasteiger partial charge in [-0.25, -0.2) is 4.98 Å². The van der Waals surface area contributed by atoms with Crippen molar-refractivity contribution < 1.29 is 0 Å². The highest BCUT2D eigenvalue weighted by molar-refractivity contribution is 7.22. The van der Waals surface area contributed by atoms with Gasteiger partial charge in [-0.05, 0) is 12.1 Å². The Morgan fingerprint density at radius 3 is 2.88 bits per heavy atom. The molecule has 0 bridgehead atoms. The van der Waals surface area contributed by atoms with Crippen LogP contribution in [0, 0.1) is 0 Å². The van der Waals surface area contributed by atoms with Crippen molar-refractivity contribution in [1.29, 1.82) is 0 Å². The Hall–Kier alpha value is -1.94. The van der Waals surface area contributed by atoms with E-state index in [9.17, 15) is 0 Å². The van der Waals surface area contributed by atoms with Crippen LogP contribution in [0.1, 0.15) is 0 Å².